The van der Waals surface area contributed by atoms with Gasteiger partial charge in [0, 0.05) is 29.8 Å². The average molecular weight is 211 g/mol. The Balaban J connectivity index is 4.23. The molecule has 0 bridgehead atoms. The van der Waals surface area contributed by atoms with E-state index in [0.29, 0.717) is 25.1 Å². The number of ether oxygens (including phenoxy) is 1. The molecule has 0 amide bonds. The minimum atomic E-state index is -0.0675. The molecule has 0 saturated heterocycles. The molecule has 0 aliphatic carbocycles. The fourth-order valence-electron chi connectivity index (χ4n) is 0.759. The van der Waals surface area contributed by atoms with Gasteiger partial charge in [0.1, 0.15) is 0 Å². The zero-order chi connectivity index (χ0) is 11.7. The summed E-state index contributed by atoms with van der Waals surface area (Å²) in [6.45, 7) is 0.895. The molecule has 0 rings (SSSR count). The summed E-state index contributed by atoms with van der Waals surface area (Å²) in [6.07, 6.45) is 4.20. The highest BCUT2D eigenvalue weighted by Gasteiger charge is 1.99. The standard InChI is InChI=1S/C9H17N5O/c10-2-1-3-15-9(14)4-8(13)7(5-11)6-12/h4-6,11,14H,1-3,10,12-13H2/b7-6+,8-4-,11-5?,14-9?. The van der Waals surface area contributed by atoms with Gasteiger partial charge in [-0.05, 0) is 13.0 Å². The second-order valence-electron chi connectivity index (χ2n) is 2.72. The van der Waals surface area contributed by atoms with Gasteiger partial charge in [0.15, 0.2) is 0 Å². The van der Waals surface area contributed by atoms with E-state index in [2.05, 4.69) is 0 Å². The minimum Gasteiger partial charge on any atom is -0.478 e. The van der Waals surface area contributed by atoms with Crippen LogP contribution in [0.1, 0.15) is 6.42 Å². The van der Waals surface area contributed by atoms with Gasteiger partial charge in [0.05, 0.1) is 6.61 Å². The monoisotopic (exact) mass is 211 g/mol. The van der Waals surface area contributed by atoms with Crippen LogP contribution in [0.25, 0.3) is 0 Å². The Morgan fingerprint density at radius 2 is 2.07 bits per heavy atom. The van der Waals surface area contributed by atoms with Gasteiger partial charge in [-0.2, -0.15) is 0 Å². The van der Waals surface area contributed by atoms with E-state index in [1.165, 1.54) is 12.3 Å². The van der Waals surface area contributed by atoms with Crippen molar-refractivity contribution in [3.05, 3.63) is 23.5 Å². The Morgan fingerprint density at radius 1 is 1.40 bits per heavy atom. The fourth-order valence-corrected chi connectivity index (χ4v) is 0.759. The molecule has 6 nitrogen and oxygen atoms in total. The second kappa shape index (κ2) is 7.57. The van der Waals surface area contributed by atoms with Crippen molar-refractivity contribution in [2.75, 3.05) is 13.2 Å². The maximum atomic E-state index is 7.38. The maximum Gasteiger partial charge on any atom is 0.207 e. The van der Waals surface area contributed by atoms with Crippen LogP contribution >= 0.6 is 0 Å². The van der Waals surface area contributed by atoms with Gasteiger partial charge in [0.2, 0.25) is 5.90 Å². The lowest BCUT2D eigenvalue weighted by Crippen LogP contribution is -2.11. The van der Waals surface area contributed by atoms with E-state index in [0.717, 1.165) is 6.21 Å². The molecule has 0 heterocycles. The zero-order valence-corrected chi connectivity index (χ0v) is 8.49. The second-order valence-corrected chi connectivity index (χ2v) is 2.72. The Labute approximate surface area is 88.8 Å². The zero-order valence-electron chi connectivity index (χ0n) is 8.49. The van der Waals surface area contributed by atoms with Crippen LogP contribution < -0.4 is 17.2 Å². The molecule has 0 fully saturated rings. The van der Waals surface area contributed by atoms with Crippen molar-refractivity contribution in [2.45, 2.75) is 6.42 Å². The summed E-state index contributed by atoms with van der Waals surface area (Å²) in [4.78, 5) is 0. The quantitative estimate of drug-likeness (QED) is 0.178. The number of nitrogens with one attached hydrogen (secondary N) is 2. The number of hydrogen-bond donors (Lipinski definition) is 5. The van der Waals surface area contributed by atoms with Gasteiger partial charge < -0.3 is 27.3 Å². The molecule has 0 atom stereocenters. The maximum absolute atomic E-state index is 7.38. The van der Waals surface area contributed by atoms with Crippen molar-refractivity contribution in [2.24, 2.45) is 17.2 Å². The Morgan fingerprint density at radius 3 is 2.53 bits per heavy atom. The van der Waals surface area contributed by atoms with Crippen molar-refractivity contribution in [3.63, 3.8) is 0 Å². The first-order valence-corrected chi connectivity index (χ1v) is 4.47. The van der Waals surface area contributed by atoms with Crippen LogP contribution in [0.4, 0.5) is 0 Å². The van der Waals surface area contributed by atoms with Crippen molar-refractivity contribution in [1.82, 2.24) is 0 Å². The summed E-state index contributed by atoms with van der Waals surface area (Å²) >= 11 is 0. The summed E-state index contributed by atoms with van der Waals surface area (Å²) in [6, 6.07) is 0. The third-order valence-corrected chi connectivity index (χ3v) is 1.56. The summed E-state index contributed by atoms with van der Waals surface area (Å²) in [5, 5.41) is 14.4. The number of allylic oxidation sites excluding steroid dienone is 1. The van der Waals surface area contributed by atoms with Gasteiger partial charge >= 0.3 is 0 Å². The lowest BCUT2D eigenvalue weighted by atomic mass is 10.2. The lowest BCUT2D eigenvalue weighted by Gasteiger charge is -2.04. The molecule has 0 radical (unpaired) electrons. The molecule has 0 aromatic rings. The van der Waals surface area contributed by atoms with Gasteiger partial charge in [0.25, 0.3) is 0 Å². The van der Waals surface area contributed by atoms with Gasteiger partial charge in [-0.25, -0.2) is 0 Å². The van der Waals surface area contributed by atoms with Gasteiger partial charge in [-0.15, -0.1) is 0 Å². The average Bonchev–Trinajstić information content (AvgIpc) is 2.20. The van der Waals surface area contributed by atoms with Crippen LogP contribution in [-0.2, 0) is 4.74 Å². The molecule has 8 N–H and O–H groups in total. The van der Waals surface area contributed by atoms with E-state index in [4.69, 9.17) is 32.8 Å². The molecule has 0 aromatic carbocycles. The van der Waals surface area contributed by atoms with Crippen LogP contribution in [0, 0.1) is 10.8 Å². The molecule has 6 heteroatoms. The van der Waals surface area contributed by atoms with E-state index < -0.39 is 0 Å². The van der Waals surface area contributed by atoms with Gasteiger partial charge in [-0.1, -0.05) is 0 Å². The molecule has 84 valence electrons. The predicted octanol–water partition coefficient (Wildman–Crippen LogP) is -0.336. The number of rotatable bonds is 6. The lowest BCUT2D eigenvalue weighted by molar-refractivity contribution is 0.300. The topological polar surface area (TPSA) is 135 Å². The Bertz CT molecular complexity index is 282. The summed E-state index contributed by atoms with van der Waals surface area (Å²) in [7, 11) is 0. The van der Waals surface area contributed by atoms with E-state index in [9.17, 15) is 0 Å². The molecule has 0 aromatic heterocycles. The summed E-state index contributed by atoms with van der Waals surface area (Å²) in [5.41, 5.74) is 16.6. The Hall–Kier alpha value is -1.82. The van der Waals surface area contributed by atoms with Gasteiger partial charge in [-0.3, -0.25) is 5.41 Å². The van der Waals surface area contributed by atoms with Crippen LogP contribution in [-0.4, -0.2) is 25.3 Å². The van der Waals surface area contributed by atoms with E-state index in [1.54, 1.807) is 0 Å². The molecular weight excluding hydrogens is 194 g/mol. The minimum absolute atomic E-state index is 0.0675. The molecule has 15 heavy (non-hydrogen) atoms. The highest BCUT2D eigenvalue weighted by Crippen LogP contribution is 1.99. The Kier molecular flexibility index (Phi) is 6.65. The van der Waals surface area contributed by atoms with Crippen LogP contribution in [0.2, 0.25) is 0 Å². The van der Waals surface area contributed by atoms with Crippen molar-refractivity contribution in [1.29, 1.82) is 10.8 Å². The summed E-state index contributed by atoms with van der Waals surface area (Å²) in [5.74, 6) is -0.0675. The van der Waals surface area contributed by atoms with Crippen LogP contribution in [0.3, 0.4) is 0 Å². The largest absolute Gasteiger partial charge is 0.478 e. The molecule has 0 aliphatic rings. The normalized spacial score (nSPS) is 12.3. The fraction of sp³-hybridized carbons (Fsp3) is 0.333. The first-order valence-electron chi connectivity index (χ1n) is 4.47. The van der Waals surface area contributed by atoms with Crippen molar-refractivity contribution >= 4 is 12.1 Å². The molecular formula is C9H17N5O. The van der Waals surface area contributed by atoms with E-state index >= 15 is 0 Å². The molecule has 0 unspecified atom stereocenters. The van der Waals surface area contributed by atoms with Crippen molar-refractivity contribution < 1.29 is 4.74 Å². The van der Waals surface area contributed by atoms with Crippen LogP contribution in [0.15, 0.2) is 23.5 Å². The first kappa shape index (κ1) is 13.2. The van der Waals surface area contributed by atoms with Crippen LogP contribution in [0.5, 0.6) is 0 Å². The SMILES string of the molecule is N=CC(=C\N)/C(N)=C/C(=N)OCCCN. The first-order chi connectivity index (χ1) is 7.15. The van der Waals surface area contributed by atoms with E-state index in [-0.39, 0.29) is 11.6 Å². The third-order valence-electron chi connectivity index (χ3n) is 1.56. The van der Waals surface area contributed by atoms with E-state index in [1.807, 2.05) is 0 Å². The molecule has 0 saturated carbocycles. The number of nitrogens with two attached hydrogens (primary N) is 3. The highest BCUT2D eigenvalue weighted by molar-refractivity contribution is 5.90. The number of hydrogen-bond acceptors (Lipinski definition) is 6. The third kappa shape index (κ3) is 5.48. The summed E-state index contributed by atoms with van der Waals surface area (Å²) < 4.78 is 5.00. The molecule has 0 spiro atoms. The predicted molar refractivity (Wildman–Crippen MR) is 60.7 cm³/mol. The highest BCUT2D eigenvalue weighted by atomic mass is 16.5. The smallest absolute Gasteiger partial charge is 0.207 e. The molecule has 0 aliphatic heterocycles. The van der Waals surface area contributed by atoms with Crippen molar-refractivity contribution in [3.8, 4) is 0 Å².